The molecule has 0 saturated carbocycles. The van der Waals surface area contributed by atoms with Crippen LogP contribution in [0.4, 0.5) is 5.69 Å². The van der Waals surface area contributed by atoms with Crippen molar-refractivity contribution in [3.8, 4) is 0 Å². The van der Waals surface area contributed by atoms with Crippen LogP contribution in [0.3, 0.4) is 0 Å². The van der Waals surface area contributed by atoms with E-state index in [-0.39, 0.29) is 17.6 Å². The minimum atomic E-state index is -0.0461. The van der Waals surface area contributed by atoms with Gasteiger partial charge in [0.2, 0.25) is 5.91 Å². The van der Waals surface area contributed by atoms with Crippen LogP contribution in [0.5, 0.6) is 0 Å². The van der Waals surface area contributed by atoms with E-state index in [1.165, 1.54) is 6.92 Å². The number of carbonyl (C=O) groups excluding carboxylic acids is 2. The number of imidazole rings is 1. The van der Waals surface area contributed by atoms with Gasteiger partial charge in [-0.1, -0.05) is 12.1 Å². The molecule has 21 heavy (non-hydrogen) atoms. The van der Waals surface area contributed by atoms with Crippen LogP contribution in [0.1, 0.15) is 29.4 Å². The fourth-order valence-electron chi connectivity index (χ4n) is 2.65. The Morgan fingerprint density at radius 1 is 1.38 bits per heavy atom. The van der Waals surface area contributed by atoms with Crippen LogP contribution < -0.4 is 5.32 Å². The van der Waals surface area contributed by atoms with Crippen LogP contribution >= 0.6 is 0 Å². The van der Waals surface area contributed by atoms with Crippen LogP contribution in [0.2, 0.25) is 0 Å². The first kappa shape index (κ1) is 13.5. The summed E-state index contributed by atoms with van der Waals surface area (Å²) in [6, 6.07) is 7.05. The van der Waals surface area contributed by atoms with Gasteiger partial charge >= 0.3 is 0 Å². The third kappa shape index (κ3) is 2.86. The van der Waals surface area contributed by atoms with Crippen molar-refractivity contribution in [3.63, 3.8) is 0 Å². The van der Waals surface area contributed by atoms with E-state index in [0.717, 1.165) is 18.7 Å². The Balaban J connectivity index is 1.70. The summed E-state index contributed by atoms with van der Waals surface area (Å²) < 4.78 is 2.08. The number of nitrogens with one attached hydrogen (secondary N) is 1. The highest BCUT2D eigenvalue weighted by Crippen LogP contribution is 2.22. The minimum absolute atomic E-state index is 0.00292. The fourth-order valence-corrected chi connectivity index (χ4v) is 2.65. The zero-order chi connectivity index (χ0) is 14.8. The van der Waals surface area contributed by atoms with Crippen molar-refractivity contribution < 1.29 is 9.59 Å². The molecule has 0 spiro atoms. The Hall–Kier alpha value is -2.43. The predicted molar refractivity (Wildman–Crippen MR) is 79.1 cm³/mol. The van der Waals surface area contributed by atoms with Crippen molar-refractivity contribution in [2.75, 3.05) is 5.32 Å². The molecule has 0 aliphatic carbocycles. The number of aromatic nitrogens is 2. The zero-order valence-electron chi connectivity index (χ0n) is 11.9. The van der Waals surface area contributed by atoms with Crippen molar-refractivity contribution in [2.24, 2.45) is 5.92 Å². The molecule has 1 N–H and O–H groups in total. The number of carbonyl (C=O) groups is 2. The third-order valence-electron chi connectivity index (χ3n) is 3.88. The highest BCUT2D eigenvalue weighted by atomic mass is 16.2. The molecule has 5 heteroatoms. The maximum Gasteiger partial charge on any atom is 0.227 e. The SMILES string of the molecule is CC(=O)c1cccc(NC(=O)C2CCn3cncc3C2)c1. The number of ketones is 1. The number of amides is 1. The number of hydrogen-bond donors (Lipinski definition) is 1. The smallest absolute Gasteiger partial charge is 0.227 e. The van der Waals surface area contributed by atoms with Crippen molar-refractivity contribution in [1.82, 2.24) is 9.55 Å². The summed E-state index contributed by atoms with van der Waals surface area (Å²) in [5, 5.41) is 2.91. The number of nitrogens with zero attached hydrogens (tertiary/aromatic N) is 2. The number of aryl methyl sites for hydroxylation is 1. The van der Waals surface area contributed by atoms with Gasteiger partial charge in [-0.05, 0) is 25.5 Å². The van der Waals surface area contributed by atoms with Gasteiger partial charge in [0.25, 0.3) is 0 Å². The molecular formula is C16H17N3O2. The molecule has 0 saturated heterocycles. The molecule has 5 nitrogen and oxygen atoms in total. The molecule has 1 aromatic heterocycles. The van der Waals surface area contributed by atoms with E-state index in [1.54, 1.807) is 30.6 Å². The van der Waals surface area contributed by atoms with E-state index in [4.69, 9.17) is 0 Å². The van der Waals surface area contributed by atoms with Gasteiger partial charge < -0.3 is 9.88 Å². The highest BCUT2D eigenvalue weighted by molar-refractivity contribution is 5.97. The summed E-state index contributed by atoms with van der Waals surface area (Å²) in [5.41, 5.74) is 2.38. The summed E-state index contributed by atoms with van der Waals surface area (Å²) in [4.78, 5) is 27.8. The Morgan fingerprint density at radius 2 is 2.24 bits per heavy atom. The second-order valence-electron chi connectivity index (χ2n) is 5.39. The normalized spacial score (nSPS) is 17.1. The summed E-state index contributed by atoms with van der Waals surface area (Å²) in [6.07, 6.45) is 5.13. The maximum atomic E-state index is 12.4. The Labute approximate surface area is 123 Å². The molecule has 1 amide bonds. The lowest BCUT2D eigenvalue weighted by molar-refractivity contribution is -0.120. The number of anilines is 1. The van der Waals surface area contributed by atoms with E-state index < -0.39 is 0 Å². The largest absolute Gasteiger partial charge is 0.335 e. The fraction of sp³-hybridized carbons (Fsp3) is 0.312. The number of rotatable bonds is 3. The molecule has 0 bridgehead atoms. The molecular weight excluding hydrogens is 266 g/mol. The van der Waals surface area contributed by atoms with E-state index in [1.807, 2.05) is 6.20 Å². The van der Waals surface area contributed by atoms with Crippen LogP contribution in [0, 0.1) is 5.92 Å². The first-order valence-electron chi connectivity index (χ1n) is 7.04. The molecule has 3 rings (SSSR count). The molecule has 108 valence electrons. The van der Waals surface area contributed by atoms with E-state index in [0.29, 0.717) is 17.7 Å². The van der Waals surface area contributed by atoms with E-state index >= 15 is 0 Å². The number of fused-ring (bicyclic) bond motifs is 1. The van der Waals surface area contributed by atoms with E-state index in [2.05, 4.69) is 14.9 Å². The van der Waals surface area contributed by atoms with Crippen LogP contribution in [0.15, 0.2) is 36.8 Å². The predicted octanol–water partition coefficient (Wildman–Crippen LogP) is 2.29. The Morgan fingerprint density at radius 3 is 3.05 bits per heavy atom. The number of benzene rings is 1. The average molecular weight is 283 g/mol. The Bertz CT molecular complexity index is 690. The van der Waals surface area contributed by atoms with Crippen molar-refractivity contribution in [2.45, 2.75) is 26.3 Å². The molecule has 0 radical (unpaired) electrons. The summed E-state index contributed by atoms with van der Waals surface area (Å²) in [6.45, 7) is 2.34. The first-order valence-corrected chi connectivity index (χ1v) is 7.04. The lowest BCUT2D eigenvalue weighted by Gasteiger charge is -2.23. The molecule has 1 unspecified atom stereocenters. The van der Waals surface area contributed by atoms with Gasteiger partial charge in [-0.3, -0.25) is 9.59 Å². The molecule has 2 aromatic rings. The quantitative estimate of drug-likeness (QED) is 0.879. The van der Waals surface area contributed by atoms with Gasteiger partial charge in [0.1, 0.15) is 0 Å². The summed E-state index contributed by atoms with van der Waals surface area (Å²) >= 11 is 0. The molecule has 1 aliphatic rings. The van der Waals surface area contributed by atoms with Crippen LogP contribution in [-0.4, -0.2) is 21.2 Å². The lowest BCUT2D eigenvalue weighted by Crippen LogP contribution is -2.29. The Kier molecular flexibility index (Phi) is 3.56. The lowest BCUT2D eigenvalue weighted by atomic mass is 9.95. The van der Waals surface area contributed by atoms with Gasteiger partial charge in [0.05, 0.1) is 6.33 Å². The standard InChI is InChI=1S/C16H17N3O2/c1-11(20)12-3-2-4-14(7-12)18-16(21)13-5-6-19-10-17-9-15(19)8-13/h2-4,7,9-10,13H,5-6,8H2,1H3,(H,18,21). The summed E-state index contributed by atoms with van der Waals surface area (Å²) in [7, 11) is 0. The molecule has 1 atom stereocenters. The second-order valence-corrected chi connectivity index (χ2v) is 5.39. The number of Topliss-reactive ketones (excluding diaryl/α,β-unsaturated/α-hetero) is 1. The number of hydrogen-bond acceptors (Lipinski definition) is 3. The minimum Gasteiger partial charge on any atom is -0.335 e. The second kappa shape index (κ2) is 5.52. The highest BCUT2D eigenvalue weighted by Gasteiger charge is 2.24. The van der Waals surface area contributed by atoms with Gasteiger partial charge in [-0.25, -0.2) is 4.98 Å². The van der Waals surface area contributed by atoms with Gasteiger partial charge in [-0.2, -0.15) is 0 Å². The van der Waals surface area contributed by atoms with Gasteiger partial charge in [-0.15, -0.1) is 0 Å². The monoisotopic (exact) mass is 283 g/mol. The van der Waals surface area contributed by atoms with Crippen molar-refractivity contribution >= 4 is 17.4 Å². The first-order chi connectivity index (χ1) is 10.1. The topological polar surface area (TPSA) is 64.0 Å². The zero-order valence-corrected chi connectivity index (χ0v) is 11.9. The molecule has 0 fully saturated rings. The van der Waals surface area contributed by atoms with Crippen molar-refractivity contribution in [1.29, 1.82) is 0 Å². The van der Waals surface area contributed by atoms with Gasteiger partial charge in [0, 0.05) is 42.0 Å². The maximum absolute atomic E-state index is 12.4. The van der Waals surface area contributed by atoms with Crippen molar-refractivity contribution in [3.05, 3.63) is 48.0 Å². The third-order valence-corrected chi connectivity index (χ3v) is 3.88. The van der Waals surface area contributed by atoms with E-state index in [9.17, 15) is 9.59 Å². The summed E-state index contributed by atoms with van der Waals surface area (Å²) in [5.74, 6) is -0.0500. The molecule has 1 aromatic carbocycles. The van der Waals surface area contributed by atoms with Gasteiger partial charge in [0.15, 0.2) is 5.78 Å². The van der Waals surface area contributed by atoms with Crippen LogP contribution in [0.25, 0.3) is 0 Å². The molecule has 1 aliphatic heterocycles. The van der Waals surface area contributed by atoms with Crippen LogP contribution in [-0.2, 0) is 17.8 Å². The average Bonchev–Trinajstić information content (AvgIpc) is 2.94. The molecule has 2 heterocycles.